The number of benzene rings is 2. The van der Waals surface area contributed by atoms with Crippen molar-refractivity contribution in [1.82, 2.24) is 9.80 Å². The maximum Gasteiger partial charge on any atom is 0.238 e. The maximum absolute atomic E-state index is 12.7. The molecule has 0 bridgehead atoms. The van der Waals surface area contributed by atoms with E-state index in [0.717, 1.165) is 22.4 Å². The Morgan fingerprint density at radius 3 is 2.22 bits per heavy atom. The summed E-state index contributed by atoms with van der Waals surface area (Å²) >= 11 is 0. The monoisotopic (exact) mass is 439 g/mol. The Morgan fingerprint density at radius 1 is 0.938 bits per heavy atom. The summed E-state index contributed by atoms with van der Waals surface area (Å²) in [5.41, 5.74) is 4.05. The lowest BCUT2D eigenvalue weighted by Gasteiger charge is -2.34. The lowest BCUT2D eigenvalue weighted by molar-refractivity contribution is -0.133. The fourth-order valence-corrected chi connectivity index (χ4v) is 3.99. The minimum absolute atomic E-state index is 0.0179. The van der Waals surface area contributed by atoms with Gasteiger partial charge in [-0.05, 0) is 49.1 Å². The van der Waals surface area contributed by atoms with Gasteiger partial charge in [0.05, 0.1) is 20.8 Å². The molecule has 1 aliphatic rings. The number of amides is 2. The van der Waals surface area contributed by atoms with Crippen molar-refractivity contribution in [2.24, 2.45) is 0 Å². The van der Waals surface area contributed by atoms with Crippen LogP contribution in [0.3, 0.4) is 0 Å². The molecule has 7 heteroatoms. The highest BCUT2D eigenvalue weighted by Gasteiger charge is 2.22. The normalized spacial score (nSPS) is 14.2. The highest BCUT2D eigenvalue weighted by atomic mass is 16.5. The van der Waals surface area contributed by atoms with Crippen LogP contribution in [0.15, 0.2) is 36.4 Å². The number of aryl methyl sites for hydroxylation is 3. The molecule has 0 atom stereocenters. The van der Waals surface area contributed by atoms with Crippen molar-refractivity contribution in [2.45, 2.75) is 26.7 Å². The molecule has 1 saturated heterocycles. The lowest BCUT2D eigenvalue weighted by atomic mass is 10.1. The largest absolute Gasteiger partial charge is 0.493 e. The van der Waals surface area contributed by atoms with Gasteiger partial charge >= 0.3 is 0 Å². The van der Waals surface area contributed by atoms with Gasteiger partial charge in [-0.15, -0.1) is 0 Å². The molecule has 0 saturated carbocycles. The first kappa shape index (κ1) is 23.6. The number of nitrogens with one attached hydrogen (secondary N) is 1. The van der Waals surface area contributed by atoms with E-state index < -0.39 is 0 Å². The van der Waals surface area contributed by atoms with E-state index in [1.165, 1.54) is 0 Å². The van der Waals surface area contributed by atoms with Crippen LogP contribution in [0.2, 0.25) is 0 Å². The van der Waals surface area contributed by atoms with E-state index in [2.05, 4.69) is 10.2 Å². The van der Waals surface area contributed by atoms with Crippen molar-refractivity contribution in [1.29, 1.82) is 0 Å². The first-order chi connectivity index (χ1) is 15.4. The van der Waals surface area contributed by atoms with E-state index in [-0.39, 0.29) is 11.8 Å². The Labute approximate surface area is 190 Å². The molecular weight excluding hydrogens is 406 g/mol. The standard InChI is InChI=1S/C25H33N3O4/c1-18-6-5-7-19(2)25(18)26-23(29)17-27-12-14-28(15-13-27)24(30)11-9-20-8-10-21(31-3)22(16-20)32-4/h5-8,10,16H,9,11-15,17H2,1-4H3,(H,26,29). The number of methoxy groups -OCH3 is 2. The molecule has 0 aliphatic carbocycles. The molecular formula is C25H33N3O4. The zero-order valence-electron chi connectivity index (χ0n) is 19.4. The van der Waals surface area contributed by atoms with Crippen LogP contribution >= 0.6 is 0 Å². The van der Waals surface area contributed by atoms with E-state index in [1.807, 2.05) is 55.1 Å². The van der Waals surface area contributed by atoms with Crippen LogP contribution in [0.1, 0.15) is 23.1 Å². The smallest absolute Gasteiger partial charge is 0.238 e. The lowest BCUT2D eigenvalue weighted by Crippen LogP contribution is -2.50. The fraction of sp³-hybridized carbons (Fsp3) is 0.440. The molecule has 0 aromatic heterocycles. The van der Waals surface area contributed by atoms with Crippen molar-refractivity contribution in [2.75, 3.05) is 52.3 Å². The van der Waals surface area contributed by atoms with Crippen LogP contribution < -0.4 is 14.8 Å². The van der Waals surface area contributed by atoms with Gasteiger partial charge in [0.2, 0.25) is 11.8 Å². The van der Waals surface area contributed by atoms with Gasteiger partial charge in [-0.2, -0.15) is 0 Å². The number of ether oxygens (including phenoxy) is 2. The third kappa shape index (κ3) is 6.01. The summed E-state index contributed by atoms with van der Waals surface area (Å²) < 4.78 is 10.6. The van der Waals surface area contributed by atoms with Gasteiger partial charge in [-0.3, -0.25) is 14.5 Å². The van der Waals surface area contributed by atoms with Crippen molar-refractivity contribution in [3.8, 4) is 11.5 Å². The molecule has 32 heavy (non-hydrogen) atoms. The summed E-state index contributed by atoms with van der Waals surface area (Å²) in [6.45, 7) is 7.00. The van der Waals surface area contributed by atoms with Gasteiger partial charge in [-0.25, -0.2) is 0 Å². The molecule has 2 aromatic carbocycles. The number of piperazine rings is 1. The predicted octanol–water partition coefficient (Wildman–Crippen LogP) is 3.04. The first-order valence-corrected chi connectivity index (χ1v) is 11.0. The number of hydrogen-bond donors (Lipinski definition) is 1. The van der Waals surface area contributed by atoms with E-state index >= 15 is 0 Å². The molecule has 1 fully saturated rings. The average molecular weight is 440 g/mol. The molecule has 3 rings (SSSR count). The van der Waals surface area contributed by atoms with Gasteiger partial charge in [0.25, 0.3) is 0 Å². The molecule has 0 spiro atoms. The van der Waals surface area contributed by atoms with Crippen LogP contribution in [-0.4, -0.2) is 68.6 Å². The topological polar surface area (TPSA) is 71.1 Å². The fourth-order valence-electron chi connectivity index (χ4n) is 3.99. The summed E-state index contributed by atoms with van der Waals surface area (Å²) in [4.78, 5) is 29.2. The van der Waals surface area contributed by atoms with E-state index in [4.69, 9.17) is 9.47 Å². The number of anilines is 1. The highest BCUT2D eigenvalue weighted by molar-refractivity contribution is 5.93. The highest BCUT2D eigenvalue weighted by Crippen LogP contribution is 2.28. The van der Waals surface area contributed by atoms with Gasteiger partial charge in [0.1, 0.15) is 0 Å². The van der Waals surface area contributed by atoms with Crippen LogP contribution in [0.5, 0.6) is 11.5 Å². The van der Waals surface area contributed by atoms with E-state index in [0.29, 0.717) is 57.1 Å². The Kier molecular flexibility index (Phi) is 8.11. The Bertz CT molecular complexity index is 932. The Balaban J connectivity index is 1.44. The molecule has 172 valence electrons. The number of nitrogens with zero attached hydrogens (tertiary/aromatic N) is 2. The van der Waals surface area contributed by atoms with Crippen LogP contribution in [0.25, 0.3) is 0 Å². The zero-order valence-corrected chi connectivity index (χ0v) is 19.4. The van der Waals surface area contributed by atoms with Gasteiger partial charge < -0.3 is 19.7 Å². The summed E-state index contributed by atoms with van der Waals surface area (Å²) in [7, 11) is 3.21. The maximum atomic E-state index is 12.7. The molecule has 1 heterocycles. The van der Waals surface area contributed by atoms with Gasteiger partial charge in [0, 0.05) is 38.3 Å². The summed E-state index contributed by atoms with van der Waals surface area (Å²) in [6.07, 6.45) is 1.10. The predicted molar refractivity (Wildman–Crippen MR) is 125 cm³/mol. The van der Waals surface area contributed by atoms with Gasteiger partial charge in [0.15, 0.2) is 11.5 Å². The molecule has 2 amide bonds. The molecule has 2 aromatic rings. The zero-order chi connectivity index (χ0) is 23.1. The average Bonchev–Trinajstić information content (AvgIpc) is 2.80. The molecule has 1 N–H and O–H groups in total. The van der Waals surface area contributed by atoms with Crippen molar-refractivity contribution in [3.05, 3.63) is 53.1 Å². The summed E-state index contributed by atoms with van der Waals surface area (Å²) in [6, 6.07) is 11.7. The second-order valence-corrected chi connectivity index (χ2v) is 8.16. The summed E-state index contributed by atoms with van der Waals surface area (Å²) in [5, 5.41) is 3.04. The number of hydrogen-bond acceptors (Lipinski definition) is 5. The third-order valence-corrected chi connectivity index (χ3v) is 5.91. The van der Waals surface area contributed by atoms with Crippen molar-refractivity contribution < 1.29 is 19.1 Å². The van der Waals surface area contributed by atoms with Crippen LogP contribution in [0, 0.1) is 13.8 Å². The SMILES string of the molecule is COc1ccc(CCC(=O)N2CCN(CC(=O)Nc3c(C)cccc3C)CC2)cc1OC. The quantitative estimate of drug-likeness (QED) is 0.685. The minimum atomic E-state index is -0.0179. The molecule has 0 radical (unpaired) electrons. The number of rotatable bonds is 8. The summed E-state index contributed by atoms with van der Waals surface area (Å²) in [5.74, 6) is 1.47. The minimum Gasteiger partial charge on any atom is -0.493 e. The first-order valence-electron chi connectivity index (χ1n) is 11.0. The molecule has 0 unspecified atom stereocenters. The number of carbonyl (C=O) groups excluding carboxylic acids is 2. The van der Waals surface area contributed by atoms with Crippen LogP contribution in [0.4, 0.5) is 5.69 Å². The van der Waals surface area contributed by atoms with Crippen LogP contribution in [-0.2, 0) is 16.0 Å². The Hall–Kier alpha value is -3.06. The molecule has 7 nitrogen and oxygen atoms in total. The van der Waals surface area contributed by atoms with Crippen molar-refractivity contribution >= 4 is 17.5 Å². The Morgan fingerprint density at radius 2 is 1.59 bits per heavy atom. The van der Waals surface area contributed by atoms with E-state index in [9.17, 15) is 9.59 Å². The second kappa shape index (κ2) is 11.0. The number of carbonyl (C=O) groups is 2. The number of para-hydroxylation sites is 1. The second-order valence-electron chi connectivity index (χ2n) is 8.16. The molecule has 1 aliphatic heterocycles. The van der Waals surface area contributed by atoms with Crippen molar-refractivity contribution in [3.63, 3.8) is 0 Å². The van der Waals surface area contributed by atoms with E-state index in [1.54, 1.807) is 14.2 Å². The third-order valence-electron chi connectivity index (χ3n) is 5.91. The van der Waals surface area contributed by atoms with Gasteiger partial charge in [-0.1, -0.05) is 24.3 Å².